The number of nitrogens with zero attached hydrogens (tertiary/aromatic N) is 1. The third-order valence-corrected chi connectivity index (χ3v) is 1.82. The molecule has 75 valence electrons. The molecule has 14 heavy (non-hydrogen) atoms. The molecule has 0 spiro atoms. The highest BCUT2D eigenvalue weighted by molar-refractivity contribution is 5.48. The van der Waals surface area contributed by atoms with E-state index in [-0.39, 0.29) is 17.2 Å². The van der Waals surface area contributed by atoms with E-state index >= 15 is 0 Å². The summed E-state index contributed by atoms with van der Waals surface area (Å²) in [6.45, 7) is 0.562. The molecule has 0 aliphatic carbocycles. The van der Waals surface area contributed by atoms with Gasteiger partial charge in [-0.2, -0.15) is 0 Å². The number of hydrogen-bond donors (Lipinski definition) is 0. The van der Waals surface area contributed by atoms with E-state index < -0.39 is 17.4 Å². The summed E-state index contributed by atoms with van der Waals surface area (Å²) >= 11 is 0. The second-order valence-electron chi connectivity index (χ2n) is 2.83. The van der Waals surface area contributed by atoms with Crippen LogP contribution in [0.4, 0.5) is 14.5 Å². The summed E-state index contributed by atoms with van der Waals surface area (Å²) < 4.78 is 25.0. The lowest BCUT2D eigenvalue weighted by molar-refractivity contribution is -0.385. The first-order valence-electron chi connectivity index (χ1n) is 3.89. The highest BCUT2D eigenvalue weighted by Crippen LogP contribution is 2.26. The minimum atomic E-state index is -0.829. The molecule has 0 aliphatic heterocycles. The molecular weight excluding hydrogens is 192 g/mol. The Balaban J connectivity index is 3.22. The molecule has 0 aromatic heterocycles. The third-order valence-electron chi connectivity index (χ3n) is 1.82. The molecule has 0 bridgehead atoms. The van der Waals surface area contributed by atoms with Crippen molar-refractivity contribution in [2.75, 3.05) is 6.67 Å². The van der Waals surface area contributed by atoms with E-state index in [1.807, 2.05) is 0 Å². The smallest absolute Gasteiger partial charge is 0.258 e. The number of nitro groups is 1. The number of benzene rings is 1. The van der Waals surface area contributed by atoms with Crippen LogP contribution in [0, 0.1) is 21.8 Å². The average molecular weight is 200 g/mol. The number of rotatable bonds is 3. The molecule has 0 N–H and O–H groups in total. The van der Waals surface area contributed by atoms with Gasteiger partial charge >= 0.3 is 0 Å². The fourth-order valence-electron chi connectivity index (χ4n) is 1.08. The minimum Gasteiger partial charge on any atom is -0.258 e. The zero-order valence-corrected chi connectivity index (χ0v) is 7.46. The number of halogens is 2. The van der Waals surface area contributed by atoms with E-state index in [9.17, 15) is 18.9 Å². The quantitative estimate of drug-likeness (QED) is 0.556. The first-order chi connectivity index (χ1) is 6.56. The minimum absolute atomic E-state index is 0.0116. The highest BCUT2D eigenvalue weighted by atomic mass is 19.1. The van der Waals surface area contributed by atoms with Crippen molar-refractivity contribution in [3.05, 3.63) is 45.6 Å². The van der Waals surface area contributed by atoms with Crippen molar-refractivity contribution in [3.63, 3.8) is 0 Å². The van der Waals surface area contributed by atoms with Gasteiger partial charge in [-0.15, -0.1) is 0 Å². The summed E-state index contributed by atoms with van der Waals surface area (Å²) in [5.74, 6) is -0.463. The van der Waals surface area contributed by atoms with Gasteiger partial charge in [0, 0.05) is 17.5 Å². The molecule has 0 saturated carbocycles. The maximum atomic E-state index is 12.7. The Morgan fingerprint density at radius 3 is 2.71 bits per heavy atom. The van der Waals surface area contributed by atoms with Crippen molar-refractivity contribution in [3.8, 4) is 0 Å². The molecule has 0 amide bonds. The number of nitro benzene ring substituents is 1. The van der Waals surface area contributed by atoms with Gasteiger partial charge in [-0.25, -0.2) is 4.39 Å². The third kappa shape index (κ3) is 2.04. The van der Waals surface area contributed by atoms with Crippen LogP contribution in [-0.2, 0) is 0 Å². The van der Waals surface area contributed by atoms with E-state index in [0.29, 0.717) is 0 Å². The highest BCUT2D eigenvalue weighted by Gasteiger charge is 2.19. The monoisotopic (exact) mass is 200 g/mol. The molecule has 1 aromatic carbocycles. The summed E-state index contributed by atoms with van der Waals surface area (Å²) in [5.41, 5.74) is -0.265. The summed E-state index contributed by atoms with van der Waals surface area (Å²) in [7, 11) is 0. The number of alkyl halides is 1. The molecule has 0 saturated heterocycles. The average Bonchev–Trinajstić information content (AvgIpc) is 2.16. The Morgan fingerprint density at radius 1 is 1.57 bits per heavy atom. The van der Waals surface area contributed by atoms with Gasteiger partial charge in [0.1, 0.15) is 5.82 Å². The SMILES string of the molecule is C[C](CF)c1cc(F)ccc1[N+](=O)[O-]. The van der Waals surface area contributed by atoms with Gasteiger partial charge < -0.3 is 0 Å². The molecule has 0 heterocycles. The van der Waals surface area contributed by atoms with Gasteiger partial charge in [-0.3, -0.25) is 14.5 Å². The fraction of sp³-hybridized carbons (Fsp3) is 0.222. The molecule has 0 atom stereocenters. The predicted molar refractivity (Wildman–Crippen MR) is 47.0 cm³/mol. The molecule has 0 fully saturated rings. The summed E-state index contributed by atoms with van der Waals surface area (Å²) in [5, 5.41) is 10.5. The van der Waals surface area contributed by atoms with Crippen molar-refractivity contribution < 1.29 is 13.7 Å². The maximum absolute atomic E-state index is 12.7. The Hall–Kier alpha value is -1.52. The number of hydrogen-bond acceptors (Lipinski definition) is 2. The molecule has 0 aliphatic rings. The lowest BCUT2D eigenvalue weighted by Gasteiger charge is -2.06. The first kappa shape index (κ1) is 10.6. The Bertz CT molecular complexity index is 355. The summed E-state index contributed by atoms with van der Waals surface area (Å²) in [6.07, 6.45) is 0. The Morgan fingerprint density at radius 2 is 2.21 bits per heavy atom. The van der Waals surface area contributed by atoms with Crippen LogP contribution in [0.2, 0.25) is 0 Å². The van der Waals surface area contributed by atoms with E-state index in [1.54, 1.807) is 0 Å². The van der Waals surface area contributed by atoms with Crippen LogP contribution in [0.1, 0.15) is 12.5 Å². The maximum Gasteiger partial charge on any atom is 0.273 e. The standard InChI is InChI=1S/C9H8F2NO2/c1-6(5-10)8-4-7(11)2-3-9(8)12(13)14/h2-4H,5H2,1H3. The Labute approximate surface area is 79.5 Å². The van der Waals surface area contributed by atoms with Gasteiger partial charge in [-0.1, -0.05) is 6.92 Å². The molecule has 3 nitrogen and oxygen atoms in total. The van der Waals surface area contributed by atoms with E-state index in [1.165, 1.54) is 6.92 Å². The lowest BCUT2D eigenvalue weighted by Crippen LogP contribution is -2.02. The van der Waals surface area contributed by atoms with E-state index in [0.717, 1.165) is 18.2 Å². The van der Waals surface area contributed by atoms with Crippen LogP contribution in [0.3, 0.4) is 0 Å². The van der Waals surface area contributed by atoms with Crippen molar-refractivity contribution in [1.29, 1.82) is 0 Å². The van der Waals surface area contributed by atoms with Crippen LogP contribution in [0.25, 0.3) is 0 Å². The summed E-state index contributed by atoms with van der Waals surface area (Å²) in [6, 6.07) is 2.98. The second kappa shape index (κ2) is 4.13. The molecule has 1 aromatic rings. The van der Waals surface area contributed by atoms with Crippen molar-refractivity contribution >= 4 is 5.69 Å². The molecular formula is C9H8F2NO2. The predicted octanol–water partition coefficient (Wildman–Crippen LogP) is 2.65. The molecule has 1 radical (unpaired) electrons. The topological polar surface area (TPSA) is 43.1 Å². The van der Waals surface area contributed by atoms with Gasteiger partial charge in [0.05, 0.1) is 11.6 Å². The largest absolute Gasteiger partial charge is 0.273 e. The zero-order chi connectivity index (χ0) is 10.7. The van der Waals surface area contributed by atoms with Crippen LogP contribution in [-0.4, -0.2) is 11.6 Å². The first-order valence-corrected chi connectivity index (χ1v) is 3.89. The molecule has 5 heteroatoms. The zero-order valence-electron chi connectivity index (χ0n) is 7.46. The van der Waals surface area contributed by atoms with Gasteiger partial charge in [0.2, 0.25) is 0 Å². The van der Waals surface area contributed by atoms with Crippen molar-refractivity contribution in [1.82, 2.24) is 0 Å². The van der Waals surface area contributed by atoms with Crippen LogP contribution in [0.5, 0.6) is 0 Å². The van der Waals surface area contributed by atoms with Crippen LogP contribution in [0.15, 0.2) is 18.2 Å². The lowest BCUT2D eigenvalue weighted by atomic mass is 10.0. The van der Waals surface area contributed by atoms with Crippen molar-refractivity contribution in [2.24, 2.45) is 0 Å². The second-order valence-corrected chi connectivity index (χ2v) is 2.83. The molecule has 1 rings (SSSR count). The van der Waals surface area contributed by atoms with E-state index in [2.05, 4.69) is 0 Å². The van der Waals surface area contributed by atoms with Gasteiger partial charge in [-0.05, 0) is 12.1 Å². The summed E-state index contributed by atoms with van der Waals surface area (Å²) in [4.78, 5) is 9.84. The van der Waals surface area contributed by atoms with Gasteiger partial charge in [0.25, 0.3) is 5.69 Å². The van der Waals surface area contributed by atoms with Crippen molar-refractivity contribution in [2.45, 2.75) is 6.92 Å². The normalized spacial score (nSPS) is 10.6. The van der Waals surface area contributed by atoms with Gasteiger partial charge in [0.15, 0.2) is 0 Å². The van der Waals surface area contributed by atoms with E-state index in [4.69, 9.17) is 0 Å². The van der Waals surface area contributed by atoms with Crippen LogP contribution >= 0.6 is 0 Å². The Kier molecular flexibility index (Phi) is 3.11. The fourth-order valence-corrected chi connectivity index (χ4v) is 1.08. The molecule has 0 unspecified atom stereocenters. The van der Waals surface area contributed by atoms with Crippen LogP contribution < -0.4 is 0 Å².